The van der Waals surface area contributed by atoms with E-state index in [1.807, 2.05) is 0 Å². The molecule has 1 aliphatic heterocycles. The molecule has 124 valence electrons. The summed E-state index contributed by atoms with van der Waals surface area (Å²) in [5.41, 5.74) is 3.81. The van der Waals surface area contributed by atoms with Crippen molar-refractivity contribution in [3.63, 3.8) is 0 Å². The van der Waals surface area contributed by atoms with Crippen LogP contribution in [0.3, 0.4) is 0 Å². The van der Waals surface area contributed by atoms with Gasteiger partial charge in [0.1, 0.15) is 12.1 Å². The molecule has 0 amide bonds. The van der Waals surface area contributed by atoms with E-state index in [1.165, 1.54) is 36.2 Å². The first-order valence-corrected chi connectivity index (χ1v) is 9.04. The molecule has 0 N–H and O–H groups in total. The van der Waals surface area contributed by atoms with Crippen molar-refractivity contribution in [1.29, 1.82) is 0 Å². The predicted octanol–water partition coefficient (Wildman–Crippen LogP) is 1.96. The van der Waals surface area contributed by atoms with Crippen molar-refractivity contribution in [2.45, 2.75) is 38.0 Å². The molecule has 0 atom stereocenters. The molecule has 0 spiro atoms. The maximum absolute atomic E-state index is 4.49. The quantitative estimate of drug-likeness (QED) is 0.861. The van der Waals surface area contributed by atoms with E-state index in [2.05, 4.69) is 42.1 Å². The zero-order chi connectivity index (χ0) is 15.9. The van der Waals surface area contributed by atoms with Crippen molar-refractivity contribution in [1.82, 2.24) is 20.2 Å². The van der Waals surface area contributed by atoms with Gasteiger partial charge in [0.2, 0.25) is 0 Å². The molecule has 0 aromatic carbocycles. The molecule has 2 aliphatic carbocycles. The lowest BCUT2D eigenvalue weighted by Gasteiger charge is -2.36. The van der Waals surface area contributed by atoms with Gasteiger partial charge in [-0.15, -0.1) is 5.10 Å². The molecule has 3 heterocycles. The molecule has 0 bridgehead atoms. The van der Waals surface area contributed by atoms with E-state index < -0.39 is 0 Å². The van der Waals surface area contributed by atoms with E-state index in [1.54, 1.807) is 6.33 Å². The monoisotopic (exact) mass is 322 g/mol. The third-order valence-electron chi connectivity index (χ3n) is 5.40. The molecule has 6 nitrogen and oxygen atoms in total. The summed E-state index contributed by atoms with van der Waals surface area (Å²) < 4.78 is 0. The number of hydrogen-bond donors (Lipinski definition) is 0. The summed E-state index contributed by atoms with van der Waals surface area (Å²) in [5.74, 6) is 2.79. The molecule has 0 radical (unpaired) electrons. The fraction of sp³-hybridized carbons (Fsp3) is 0.556. The van der Waals surface area contributed by atoms with Gasteiger partial charge < -0.3 is 9.80 Å². The number of aromatic nitrogens is 4. The van der Waals surface area contributed by atoms with Crippen LogP contribution in [0.25, 0.3) is 0 Å². The Morgan fingerprint density at radius 3 is 2.42 bits per heavy atom. The smallest absolute Gasteiger partial charge is 0.151 e. The summed E-state index contributed by atoms with van der Waals surface area (Å²) in [7, 11) is 0. The Kier molecular flexibility index (Phi) is 3.35. The Hall–Kier alpha value is -2.24. The first-order valence-electron chi connectivity index (χ1n) is 9.04. The highest BCUT2D eigenvalue weighted by Crippen LogP contribution is 2.39. The van der Waals surface area contributed by atoms with Crippen LogP contribution < -0.4 is 9.80 Å². The molecule has 24 heavy (non-hydrogen) atoms. The second kappa shape index (κ2) is 5.69. The predicted molar refractivity (Wildman–Crippen MR) is 92.5 cm³/mol. The normalized spacial score (nSPS) is 20.3. The lowest BCUT2D eigenvalue weighted by atomic mass is 10.2. The van der Waals surface area contributed by atoms with Crippen LogP contribution in [0, 0.1) is 0 Å². The molecule has 5 rings (SSSR count). The van der Waals surface area contributed by atoms with Gasteiger partial charge in [0, 0.05) is 43.9 Å². The van der Waals surface area contributed by atoms with E-state index in [-0.39, 0.29) is 0 Å². The molecule has 2 aromatic heterocycles. The summed E-state index contributed by atoms with van der Waals surface area (Å²) >= 11 is 0. The fourth-order valence-corrected chi connectivity index (χ4v) is 3.77. The van der Waals surface area contributed by atoms with Gasteiger partial charge in [-0.3, -0.25) is 0 Å². The van der Waals surface area contributed by atoms with E-state index in [9.17, 15) is 0 Å². The van der Waals surface area contributed by atoms with Gasteiger partial charge in [-0.1, -0.05) is 0 Å². The van der Waals surface area contributed by atoms with Crippen LogP contribution in [-0.2, 0) is 12.8 Å². The number of piperazine rings is 1. The van der Waals surface area contributed by atoms with Crippen molar-refractivity contribution in [3.8, 4) is 0 Å². The first-order chi connectivity index (χ1) is 11.9. The average molecular weight is 322 g/mol. The van der Waals surface area contributed by atoms with E-state index in [0.717, 1.165) is 50.7 Å². The van der Waals surface area contributed by atoms with E-state index >= 15 is 0 Å². The maximum atomic E-state index is 4.49. The standard InChI is InChI=1S/C18H22N6/c1-2-14-10-18(22-21-15(14)3-1)24-8-6-23(7-9-24)17-11-16(13-4-5-13)19-12-20-17/h10-13H,1-9H2. The Labute approximate surface area is 141 Å². The van der Waals surface area contributed by atoms with Crippen molar-refractivity contribution >= 4 is 11.6 Å². The summed E-state index contributed by atoms with van der Waals surface area (Å²) in [6.45, 7) is 3.88. The third-order valence-corrected chi connectivity index (χ3v) is 5.40. The van der Waals surface area contributed by atoms with Crippen LogP contribution in [0.4, 0.5) is 11.6 Å². The van der Waals surface area contributed by atoms with Crippen molar-refractivity contribution in [2.24, 2.45) is 0 Å². The second-order valence-electron chi connectivity index (χ2n) is 7.08. The lowest BCUT2D eigenvalue weighted by molar-refractivity contribution is 0.635. The van der Waals surface area contributed by atoms with Crippen LogP contribution in [-0.4, -0.2) is 46.3 Å². The summed E-state index contributed by atoms with van der Waals surface area (Å²) in [4.78, 5) is 13.6. The minimum Gasteiger partial charge on any atom is -0.353 e. The van der Waals surface area contributed by atoms with Gasteiger partial charge in [-0.2, -0.15) is 5.10 Å². The van der Waals surface area contributed by atoms with Gasteiger partial charge in [0.15, 0.2) is 5.82 Å². The van der Waals surface area contributed by atoms with Crippen molar-refractivity contribution in [3.05, 3.63) is 35.4 Å². The van der Waals surface area contributed by atoms with Gasteiger partial charge in [-0.25, -0.2) is 9.97 Å². The summed E-state index contributed by atoms with van der Waals surface area (Å²) in [6, 6.07) is 4.43. The molecule has 2 aromatic rings. The molecule has 2 fully saturated rings. The Bertz CT molecular complexity index is 749. The van der Waals surface area contributed by atoms with Crippen molar-refractivity contribution < 1.29 is 0 Å². The van der Waals surface area contributed by atoms with E-state index in [0.29, 0.717) is 5.92 Å². The van der Waals surface area contributed by atoms with Gasteiger partial charge in [-0.05, 0) is 43.7 Å². The summed E-state index contributed by atoms with van der Waals surface area (Å²) in [5, 5.41) is 8.87. The highest BCUT2D eigenvalue weighted by molar-refractivity contribution is 5.47. The molecule has 6 heteroatoms. The Morgan fingerprint density at radius 2 is 1.62 bits per heavy atom. The number of hydrogen-bond acceptors (Lipinski definition) is 6. The minimum atomic E-state index is 0.676. The lowest BCUT2D eigenvalue weighted by Crippen LogP contribution is -2.47. The van der Waals surface area contributed by atoms with Gasteiger partial charge in [0.05, 0.1) is 5.69 Å². The summed E-state index contributed by atoms with van der Waals surface area (Å²) in [6.07, 6.45) is 7.75. The zero-order valence-electron chi connectivity index (χ0n) is 13.9. The van der Waals surface area contributed by atoms with Crippen LogP contribution in [0.2, 0.25) is 0 Å². The SMILES string of the molecule is c1nc(C2CC2)cc(N2CCN(c3cc4c(nn3)CCC4)CC2)n1. The first kappa shape index (κ1) is 14.1. The molecule has 1 saturated carbocycles. The average Bonchev–Trinajstić information content (AvgIpc) is 3.39. The van der Waals surface area contributed by atoms with Crippen LogP contribution in [0.5, 0.6) is 0 Å². The van der Waals surface area contributed by atoms with Crippen molar-refractivity contribution in [2.75, 3.05) is 36.0 Å². The number of nitrogens with zero attached hydrogens (tertiary/aromatic N) is 6. The molecule has 1 saturated heterocycles. The molecular weight excluding hydrogens is 300 g/mol. The Morgan fingerprint density at radius 1 is 0.833 bits per heavy atom. The second-order valence-corrected chi connectivity index (χ2v) is 7.08. The molecule has 0 unspecified atom stereocenters. The number of anilines is 2. The highest BCUT2D eigenvalue weighted by atomic mass is 15.3. The Balaban J connectivity index is 1.28. The highest BCUT2D eigenvalue weighted by Gasteiger charge is 2.27. The maximum Gasteiger partial charge on any atom is 0.151 e. The zero-order valence-corrected chi connectivity index (χ0v) is 13.9. The van der Waals surface area contributed by atoms with Crippen LogP contribution in [0.15, 0.2) is 18.5 Å². The molecular formula is C18H22N6. The van der Waals surface area contributed by atoms with E-state index in [4.69, 9.17) is 0 Å². The van der Waals surface area contributed by atoms with Gasteiger partial charge >= 0.3 is 0 Å². The topological polar surface area (TPSA) is 58.0 Å². The third kappa shape index (κ3) is 2.60. The number of fused-ring (bicyclic) bond motifs is 1. The minimum absolute atomic E-state index is 0.676. The number of aryl methyl sites for hydroxylation is 2. The fourth-order valence-electron chi connectivity index (χ4n) is 3.77. The van der Waals surface area contributed by atoms with Crippen LogP contribution in [0.1, 0.15) is 42.1 Å². The van der Waals surface area contributed by atoms with Crippen LogP contribution >= 0.6 is 0 Å². The molecule has 3 aliphatic rings. The number of rotatable bonds is 3. The van der Waals surface area contributed by atoms with Gasteiger partial charge in [0.25, 0.3) is 0 Å². The largest absolute Gasteiger partial charge is 0.353 e.